The highest BCUT2D eigenvalue weighted by molar-refractivity contribution is 6.34. The SMILES string of the molecule is CCC(=O)C(=O)Oc1cccc(C)c1. The van der Waals surface area contributed by atoms with E-state index in [1.807, 2.05) is 13.0 Å². The van der Waals surface area contributed by atoms with E-state index in [9.17, 15) is 9.59 Å². The molecule has 1 aromatic carbocycles. The topological polar surface area (TPSA) is 43.4 Å². The number of carbonyl (C=O) groups excluding carboxylic acids is 2. The Morgan fingerprint density at radius 3 is 2.64 bits per heavy atom. The molecule has 14 heavy (non-hydrogen) atoms. The van der Waals surface area contributed by atoms with Gasteiger partial charge < -0.3 is 4.74 Å². The molecule has 3 nitrogen and oxygen atoms in total. The van der Waals surface area contributed by atoms with Crippen molar-refractivity contribution < 1.29 is 14.3 Å². The third kappa shape index (κ3) is 2.69. The fraction of sp³-hybridized carbons (Fsp3) is 0.273. The molecule has 0 aromatic heterocycles. The summed E-state index contributed by atoms with van der Waals surface area (Å²) in [5.74, 6) is -0.888. The second-order valence-corrected chi connectivity index (χ2v) is 2.98. The number of ketones is 1. The number of Topliss-reactive ketones (excluding diaryl/α,β-unsaturated/α-hetero) is 1. The fourth-order valence-electron chi connectivity index (χ4n) is 0.987. The molecule has 0 N–H and O–H groups in total. The van der Waals surface area contributed by atoms with Crippen molar-refractivity contribution in [1.29, 1.82) is 0 Å². The molecule has 0 saturated heterocycles. The minimum Gasteiger partial charge on any atom is -0.421 e. The third-order valence-corrected chi connectivity index (χ3v) is 1.75. The minimum atomic E-state index is -0.793. The summed E-state index contributed by atoms with van der Waals surface area (Å²) in [4.78, 5) is 22.0. The van der Waals surface area contributed by atoms with Gasteiger partial charge in [-0.2, -0.15) is 0 Å². The summed E-state index contributed by atoms with van der Waals surface area (Å²) in [5, 5.41) is 0. The van der Waals surface area contributed by atoms with Crippen LogP contribution in [0.1, 0.15) is 18.9 Å². The van der Waals surface area contributed by atoms with Crippen LogP contribution in [0, 0.1) is 6.92 Å². The first-order valence-corrected chi connectivity index (χ1v) is 4.45. The molecule has 0 heterocycles. The minimum absolute atomic E-state index is 0.171. The summed E-state index contributed by atoms with van der Waals surface area (Å²) in [6, 6.07) is 7.02. The summed E-state index contributed by atoms with van der Waals surface area (Å²) in [6.07, 6.45) is 0.171. The van der Waals surface area contributed by atoms with E-state index in [2.05, 4.69) is 0 Å². The number of rotatable bonds is 3. The normalized spacial score (nSPS) is 9.57. The molecule has 1 aromatic rings. The fourth-order valence-corrected chi connectivity index (χ4v) is 0.987. The predicted octanol–water partition coefficient (Wildman–Crippen LogP) is 1.88. The lowest BCUT2D eigenvalue weighted by molar-refractivity contribution is -0.146. The van der Waals surface area contributed by atoms with E-state index < -0.39 is 11.8 Å². The average molecular weight is 192 g/mol. The third-order valence-electron chi connectivity index (χ3n) is 1.75. The molecule has 0 atom stereocenters. The molecule has 0 unspecified atom stereocenters. The average Bonchev–Trinajstić information content (AvgIpc) is 2.16. The number of benzene rings is 1. The standard InChI is InChI=1S/C11H12O3/c1-3-10(12)11(13)14-9-6-4-5-8(2)7-9/h4-7H,3H2,1-2H3. The zero-order valence-corrected chi connectivity index (χ0v) is 8.24. The zero-order chi connectivity index (χ0) is 10.6. The first-order chi connectivity index (χ1) is 6.63. The van der Waals surface area contributed by atoms with Gasteiger partial charge in [-0.3, -0.25) is 4.79 Å². The highest BCUT2D eigenvalue weighted by Gasteiger charge is 2.13. The van der Waals surface area contributed by atoms with Crippen molar-refractivity contribution in [1.82, 2.24) is 0 Å². The Kier molecular flexibility index (Phi) is 3.40. The van der Waals surface area contributed by atoms with Gasteiger partial charge in [0.1, 0.15) is 5.75 Å². The summed E-state index contributed by atoms with van der Waals surface area (Å²) >= 11 is 0. The van der Waals surface area contributed by atoms with Gasteiger partial charge in [0.05, 0.1) is 0 Å². The molecule has 0 radical (unpaired) electrons. The molecule has 0 amide bonds. The Morgan fingerprint density at radius 1 is 1.36 bits per heavy atom. The molecular weight excluding hydrogens is 180 g/mol. The molecule has 0 bridgehead atoms. The molecule has 0 aliphatic rings. The van der Waals surface area contributed by atoms with Crippen LogP contribution in [0.25, 0.3) is 0 Å². The maximum atomic E-state index is 11.1. The van der Waals surface area contributed by atoms with Crippen LogP contribution in [0.5, 0.6) is 5.75 Å². The molecule has 0 saturated carbocycles. The van der Waals surface area contributed by atoms with Crippen molar-refractivity contribution in [2.75, 3.05) is 0 Å². The van der Waals surface area contributed by atoms with Crippen LogP contribution in [0.2, 0.25) is 0 Å². The first kappa shape index (κ1) is 10.4. The lowest BCUT2D eigenvalue weighted by atomic mass is 10.2. The lowest BCUT2D eigenvalue weighted by Crippen LogP contribution is -2.19. The van der Waals surface area contributed by atoms with E-state index in [0.717, 1.165) is 5.56 Å². The van der Waals surface area contributed by atoms with Gasteiger partial charge in [0.15, 0.2) is 0 Å². The van der Waals surface area contributed by atoms with E-state index in [0.29, 0.717) is 5.75 Å². The number of hydrogen-bond donors (Lipinski definition) is 0. The maximum Gasteiger partial charge on any atom is 0.379 e. The van der Waals surface area contributed by atoms with Gasteiger partial charge in [-0.25, -0.2) is 4.79 Å². The molecule has 0 aliphatic heterocycles. The van der Waals surface area contributed by atoms with Crippen molar-refractivity contribution in [2.24, 2.45) is 0 Å². The summed E-state index contributed by atoms with van der Waals surface area (Å²) in [6.45, 7) is 3.51. The molecule has 0 fully saturated rings. The highest BCUT2D eigenvalue weighted by Crippen LogP contribution is 2.12. The van der Waals surface area contributed by atoms with Gasteiger partial charge in [0, 0.05) is 6.42 Å². The van der Waals surface area contributed by atoms with Crippen LogP contribution < -0.4 is 4.74 Å². The molecule has 1 rings (SSSR count). The van der Waals surface area contributed by atoms with Gasteiger partial charge in [0.25, 0.3) is 0 Å². The second-order valence-electron chi connectivity index (χ2n) is 2.98. The summed E-state index contributed by atoms with van der Waals surface area (Å²) in [5.41, 5.74) is 0.985. The number of aryl methyl sites for hydroxylation is 1. The van der Waals surface area contributed by atoms with Crippen LogP contribution in [-0.2, 0) is 9.59 Å². The van der Waals surface area contributed by atoms with Crippen LogP contribution >= 0.6 is 0 Å². The number of esters is 1. The number of ether oxygens (including phenoxy) is 1. The van der Waals surface area contributed by atoms with Crippen molar-refractivity contribution in [3.8, 4) is 5.75 Å². The summed E-state index contributed by atoms with van der Waals surface area (Å²) in [7, 11) is 0. The van der Waals surface area contributed by atoms with E-state index in [1.54, 1.807) is 25.1 Å². The van der Waals surface area contributed by atoms with Gasteiger partial charge in [-0.05, 0) is 24.6 Å². The lowest BCUT2D eigenvalue weighted by Gasteiger charge is -2.02. The van der Waals surface area contributed by atoms with E-state index in [4.69, 9.17) is 4.74 Å². The molecule has 0 aliphatic carbocycles. The van der Waals surface area contributed by atoms with Gasteiger partial charge in [0.2, 0.25) is 5.78 Å². The molecular formula is C11H12O3. The number of carbonyl (C=O) groups is 2. The van der Waals surface area contributed by atoms with Crippen molar-refractivity contribution >= 4 is 11.8 Å². The highest BCUT2D eigenvalue weighted by atomic mass is 16.5. The molecule has 3 heteroatoms. The van der Waals surface area contributed by atoms with Crippen LogP contribution in [0.3, 0.4) is 0 Å². The second kappa shape index (κ2) is 4.56. The van der Waals surface area contributed by atoms with E-state index >= 15 is 0 Å². The van der Waals surface area contributed by atoms with Gasteiger partial charge in [-0.1, -0.05) is 19.1 Å². The van der Waals surface area contributed by atoms with Crippen LogP contribution in [-0.4, -0.2) is 11.8 Å². The zero-order valence-electron chi connectivity index (χ0n) is 8.24. The monoisotopic (exact) mass is 192 g/mol. The maximum absolute atomic E-state index is 11.1. The Labute approximate surface area is 82.7 Å². The Bertz CT molecular complexity index is 355. The predicted molar refractivity (Wildman–Crippen MR) is 52.1 cm³/mol. The van der Waals surface area contributed by atoms with Crippen molar-refractivity contribution in [2.45, 2.75) is 20.3 Å². The van der Waals surface area contributed by atoms with Crippen LogP contribution in [0.4, 0.5) is 0 Å². The Balaban J connectivity index is 2.70. The summed E-state index contributed by atoms with van der Waals surface area (Å²) < 4.78 is 4.86. The van der Waals surface area contributed by atoms with Gasteiger partial charge >= 0.3 is 5.97 Å². The largest absolute Gasteiger partial charge is 0.421 e. The van der Waals surface area contributed by atoms with E-state index in [1.165, 1.54) is 0 Å². The Morgan fingerprint density at radius 2 is 2.07 bits per heavy atom. The molecule has 74 valence electrons. The van der Waals surface area contributed by atoms with Crippen molar-refractivity contribution in [3.63, 3.8) is 0 Å². The van der Waals surface area contributed by atoms with Crippen molar-refractivity contribution in [3.05, 3.63) is 29.8 Å². The first-order valence-electron chi connectivity index (χ1n) is 4.45. The smallest absolute Gasteiger partial charge is 0.379 e. The Hall–Kier alpha value is -1.64. The molecule has 0 spiro atoms. The van der Waals surface area contributed by atoms with Gasteiger partial charge in [-0.15, -0.1) is 0 Å². The van der Waals surface area contributed by atoms with Crippen LogP contribution in [0.15, 0.2) is 24.3 Å². The number of hydrogen-bond acceptors (Lipinski definition) is 3. The van der Waals surface area contributed by atoms with E-state index in [-0.39, 0.29) is 6.42 Å². The quantitative estimate of drug-likeness (QED) is 0.417.